The molecule has 0 unspecified atom stereocenters. The van der Waals surface area contributed by atoms with E-state index in [1.54, 1.807) is 19.3 Å². The minimum Gasteiger partial charge on any atom is 0 e. The van der Waals surface area contributed by atoms with Crippen molar-refractivity contribution in [2.75, 3.05) is 0 Å². The van der Waals surface area contributed by atoms with E-state index in [-0.39, 0.29) is 41.2 Å². The summed E-state index contributed by atoms with van der Waals surface area (Å²) in [6.07, 6.45) is 8.08. The van der Waals surface area contributed by atoms with Gasteiger partial charge >= 0.3 is 45.8 Å². The van der Waals surface area contributed by atoms with Crippen LogP contribution in [0.2, 0.25) is 0 Å². The van der Waals surface area contributed by atoms with E-state index < -0.39 is 12.1 Å². The predicted octanol–water partition coefficient (Wildman–Crippen LogP) is 3.43. The standard InChI is InChI=1S/C20H32O6.3CO.Fe/c1-6-7-8-10-18(24-14-21)11-9-12-19(25-16(4)22)13-20(15(2)3)26-17(5)23;3*1-2;/h9,11-12,15,18-20H,6-8,10,13H2,1-5H3;;;;/q-1;;;;/t18-,19-,20-;;;;/m1..../s1. The van der Waals surface area contributed by atoms with Crippen molar-refractivity contribution in [3.05, 3.63) is 39.2 Å². The first-order valence-electron chi connectivity index (χ1n) is 9.80. The Morgan fingerprint density at radius 2 is 1.39 bits per heavy atom. The molecular weight excluding hydrogens is 476 g/mol. The normalized spacial score (nSPS) is 11.5. The molecule has 0 aliphatic carbocycles. The monoisotopic (exact) mass is 508 g/mol. The number of unbranched alkanes of at least 4 members (excludes halogenated alkanes) is 2. The van der Waals surface area contributed by atoms with Crippen molar-refractivity contribution < 1.29 is 59.6 Å². The molecule has 0 amide bonds. The Bertz CT molecular complexity index is 515. The Labute approximate surface area is 208 Å². The molecule has 0 saturated carbocycles. The second-order valence-corrected chi connectivity index (χ2v) is 6.59. The second-order valence-electron chi connectivity index (χ2n) is 6.59. The van der Waals surface area contributed by atoms with Crippen LogP contribution >= 0.6 is 0 Å². The number of carbonyl (C=O) groups is 2. The average Bonchev–Trinajstić information content (AvgIpc) is 2.76. The summed E-state index contributed by atoms with van der Waals surface area (Å²) < 4.78 is 38.0. The molecule has 0 fully saturated rings. The van der Waals surface area contributed by atoms with Gasteiger partial charge in [0.2, 0.25) is 0 Å². The van der Waals surface area contributed by atoms with Crippen LogP contribution in [0.4, 0.5) is 0 Å². The van der Waals surface area contributed by atoms with Crippen molar-refractivity contribution in [2.24, 2.45) is 5.92 Å². The van der Waals surface area contributed by atoms with Crippen LogP contribution in [0.15, 0.2) is 0 Å². The zero-order chi connectivity index (χ0) is 25.9. The Balaban J connectivity index is -0.000000342. The summed E-state index contributed by atoms with van der Waals surface area (Å²) in [5, 5.41) is 0. The molecule has 0 aromatic carbocycles. The third-order valence-corrected chi connectivity index (χ3v) is 3.79. The van der Waals surface area contributed by atoms with Crippen molar-refractivity contribution in [1.29, 1.82) is 0 Å². The van der Waals surface area contributed by atoms with Crippen LogP contribution in [0.3, 0.4) is 0 Å². The SMILES string of the molecule is CCCCC[C@H]([CH][CH][CH][C@H](C[C@@H](OC(C)=O)C(C)C)OC(C)=O)O[C-]=O.[C-]#[O+].[C-]#[O+].[C-]#[O+].[Fe]. The van der Waals surface area contributed by atoms with E-state index in [1.807, 2.05) is 13.8 Å². The molecule has 3 radical (unpaired) electrons. The summed E-state index contributed by atoms with van der Waals surface area (Å²) in [6, 6.07) is 0. The van der Waals surface area contributed by atoms with Gasteiger partial charge in [-0.1, -0.05) is 40.1 Å². The summed E-state index contributed by atoms with van der Waals surface area (Å²) in [4.78, 5) is 33.1. The van der Waals surface area contributed by atoms with Crippen molar-refractivity contribution >= 4 is 18.4 Å². The molecule has 3 atom stereocenters. The fourth-order valence-corrected chi connectivity index (χ4v) is 2.44. The first-order valence-corrected chi connectivity index (χ1v) is 9.80. The first-order chi connectivity index (χ1) is 15.3. The van der Waals surface area contributed by atoms with Gasteiger partial charge in [0.05, 0.1) is 6.10 Å². The van der Waals surface area contributed by atoms with Crippen molar-refractivity contribution in [3.8, 4) is 0 Å². The zero-order valence-corrected chi connectivity index (χ0v) is 20.7. The summed E-state index contributed by atoms with van der Waals surface area (Å²) in [7, 11) is 0. The zero-order valence-electron chi connectivity index (χ0n) is 19.6. The molecule has 0 aliphatic heterocycles. The van der Waals surface area contributed by atoms with E-state index in [1.165, 1.54) is 20.3 Å². The van der Waals surface area contributed by atoms with Gasteiger partial charge in [0, 0.05) is 50.2 Å². The van der Waals surface area contributed by atoms with Crippen molar-refractivity contribution in [3.63, 3.8) is 0 Å². The van der Waals surface area contributed by atoms with Crippen LogP contribution in [-0.4, -0.2) is 36.7 Å². The Morgan fingerprint density at radius 1 is 0.909 bits per heavy atom. The molecule has 0 aliphatic rings. The Kier molecular flexibility index (Phi) is 40.6. The largest absolute Gasteiger partial charge is 0 e. The minimum absolute atomic E-state index is 0. The maximum atomic E-state index is 11.4. The van der Waals surface area contributed by atoms with Gasteiger partial charge in [-0.05, 0) is 25.2 Å². The van der Waals surface area contributed by atoms with E-state index in [2.05, 4.69) is 26.9 Å². The average molecular weight is 508 g/mol. The molecule has 0 spiro atoms. The second kappa shape index (κ2) is 32.3. The molecule has 10 heteroatoms. The quantitative estimate of drug-likeness (QED) is 0.0830. The summed E-state index contributed by atoms with van der Waals surface area (Å²) in [6.45, 7) is 23.6. The van der Waals surface area contributed by atoms with Gasteiger partial charge in [-0.2, -0.15) is 0 Å². The maximum absolute atomic E-state index is 11.4. The molecule has 0 saturated heterocycles. The third-order valence-electron chi connectivity index (χ3n) is 3.79. The third kappa shape index (κ3) is 30.1. The van der Waals surface area contributed by atoms with E-state index >= 15 is 0 Å². The van der Waals surface area contributed by atoms with E-state index in [0.29, 0.717) is 12.8 Å². The van der Waals surface area contributed by atoms with Gasteiger partial charge in [-0.3, -0.25) is 9.59 Å². The number of hydrogen-bond acceptors (Lipinski definition) is 6. The summed E-state index contributed by atoms with van der Waals surface area (Å²) in [5.41, 5.74) is 0. The molecule has 0 rings (SSSR count). The van der Waals surface area contributed by atoms with Crippen LogP contribution in [0.25, 0.3) is 0 Å². The van der Waals surface area contributed by atoms with Crippen LogP contribution < -0.4 is 0 Å². The molecule has 0 bridgehead atoms. The predicted molar refractivity (Wildman–Crippen MR) is 110 cm³/mol. The molecule has 187 valence electrons. The van der Waals surface area contributed by atoms with Gasteiger partial charge < -0.3 is 19.0 Å². The van der Waals surface area contributed by atoms with Gasteiger partial charge in [0.1, 0.15) is 12.2 Å². The van der Waals surface area contributed by atoms with Gasteiger partial charge in [-0.15, -0.1) is 0 Å². The Hall–Kier alpha value is -1.85. The molecule has 33 heavy (non-hydrogen) atoms. The fourth-order valence-electron chi connectivity index (χ4n) is 2.44. The summed E-state index contributed by atoms with van der Waals surface area (Å²) >= 11 is 0. The number of rotatable bonds is 15. The number of carbonyl (C=O) groups excluding carboxylic acids is 3. The number of hydrogen-bond donors (Lipinski definition) is 0. The van der Waals surface area contributed by atoms with Crippen molar-refractivity contribution in [2.45, 2.75) is 85.0 Å². The number of esters is 2. The number of ether oxygens (including phenoxy) is 3. The fraction of sp³-hybridized carbons (Fsp3) is 0.609. The molecule has 0 N–H and O–H groups in total. The molecule has 0 heterocycles. The molecule has 9 nitrogen and oxygen atoms in total. The molecule has 0 aromatic rings. The minimum atomic E-state index is -0.535. The van der Waals surface area contributed by atoms with Gasteiger partial charge in [-0.25, -0.2) is 0 Å². The van der Waals surface area contributed by atoms with Gasteiger partial charge in [0.25, 0.3) is 0 Å². The smallest absolute Gasteiger partial charge is 0 e. The van der Waals surface area contributed by atoms with Crippen LogP contribution in [-0.2, 0) is 59.6 Å². The van der Waals surface area contributed by atoms with Crippen LogP contribution in [0.1, 0.15) is 66.7 Å². The van der Waals surface area contributed by atoms with Gasteiger partial charge in [0.15, 0.2) is 0 Å². The van der Waals surface area contributed by atoms with E-state index in [0.717, 1.165) is 19.3 Å². The Morgan fingerprint density at radius 3 is 1.79 bits per heavy atom. The maximum Gasteiger partial charge on any atom is 0 e. The van der Waals surface area contributed by atoms with Crippen LogP contribution in [0, 0.1) is 45.1 Å². The van der Waals surface area contributed by atoms with Crippen LogP contribution in [0.5, 0.6) is 0 Å². The summed E-state index contributed by atoms with van der Waals surface area (Å²) in [5.74, 6) is -0.696. The molecule has 0 aromatic heterocycles. The van der Waals surface area contributed by atoms with Crippen molar-refractivity contribution in [1.82, 2.24) is 0 Å². The topological polar surface area (TPSA) is 139 Å². The molecular formula is C23H32FeO9-. The van der Waals surface area contributed by atoms with E-state index in [9.17, 15) is 14.4 Å². The van der Waals surface area contributed by atoms with E-state index in [4.69, 9.17) is 28.2 Å². The first kappa shape index (κ1) is 41.4.